The molecule has 0 bridgehead atoms. The number of amides is 2. The van der Waals surface area contributed by atoms with Gasteiger partial charge in [-0.05, 0) is 38.2 Å². The summed E-state index contributed by atoms with van der Waals surface area (Å²) in [4.78, 5) is 37.3. The second kappa shape index (κ2) is 15.8. The van der Waals surface area contributed by atoms with Crippen molar-refractivity contribution in [1.82, 2.24) is 10.6 Å². The molecule has 32 heavy (non-hydrogen) atoms. The van der Waals surface area contributed by atoms with Crippen LogP contribution >= 0.6 is 0 Å². The maximum Gasteiger partial charge on any atom is 0.305 e. The van der Waals surface area contributed by atoms with Crippen LogP contribution in [-0.4, -0.2) is 42.1 Å². The summed E-state index contributed by atoms with van der Waals surface area (Å²) in [6, 6.07) is 8.32. The third kappa shape index (κ3) is 10.9. The number of nitrogens with one attached hydrogen (secondary N) is 2. The Kier molecular flexibility index (Phi) is 13.4. The SMILES string of the molecule is C=CCCCCC(=O)OC[C@@H](NC(=O)[C@H](CC=C)CC(=O)N[C@@H](C)CO)c1ccccc1. The molecule has 7 heteroatoms. The van der Waals surface area contributed by atoms with Gasteiger partial charge in [0.2, 0.25) is 11.8 Å². The van der Waals surface area contributed by atoms with Crippen LogP contribution in [0.4, 0.5) is 0 Å². The molecule has 0 spiro atoms. The largest absolute Gasteiger partial charge is 0.463 e. The van der Waals surface area contributed by atoms with Crippen LogP contribution in [0.25, 0.3) is 0 Å². The predicted molar refractivity (Wildman–Crippen MR) is 125 cm³/mol. The Morgan fingerprint density at radius 2 is 1.81 bits per heavy atom. The van der Waals surface area contributed by atoms with E-state index >= 15 is 0 Å². The second-order valence-corrected chi connectivity index (χ2v) is 7.77. The first-order chi connectivity index (χ1) is 15.4. The number of hydrogen-bond donors (Lipinski definition) is 3. The van der Waals surface area contributed by atoms with Gasteiger partial charge in [-0.3, -0.25) is 14.4 Å². The molecule has 176 valence electrons. The van der Waals surface area contributed by atoms with Gasteiger partial charge in [-0.25, -0.2) is 0 Å². The molecule has 0 aliphatic carbocycles. The topological polar surface area (TPSA) is 105 Å². The van der Waals surface area contributed by atoms with Gasteiger partial charge in [0.05, 0.1) is 18.6 Å². The normalized spacial score (nSPS) is 13.3. The van der Waals surface area contributed by atoms with Crippen LogP contribution in [0.15, 0.2) is 55.6 Å². The van der Waals surface area contributed by atoms with Crippen LogP contribution in [0.3, 0.4) is 0 Å². The van der Waals surface area contributed by atoms with E-state index in [9.17, 15) is 14.4 Å². The molecule has 0 heterocycles. The van der Waals surface area contributed by atoms with E-state index in [4.69, 9.17) is 9.84 Å². The smallest absolute Gasteiger partial charge is 0.305 e. The number of aliphatic hydroxyl groups excluding tert-OH is 1. The summed E-state index contributed by atoms with van der Waals surface area (Å²) in [5.74, 6) is -1.59. The van der Waals surface area contributed by atoms with Gasteiger partial charge >= 0.3 is 5.97 Å². The first-order valence-corrected chi connectivity index (χ1v) is 11.0. The Morgan fingerprint density at radius 1 is 1.09 bits per heavy atom. The third-order valence-corrected chi connectivity index (χ3v) is 4.90. The van der Waals surface area contributed by atoms with E-state index < -0.39 is 18.0 Å². The molecule has 0 aliphatic heterocycles. The number of carbonyl (C=O) groups excluding carboxylic acids is 3. The molecule has 0 unspecified atom stereocenters. The Labute approximate surface area is 190 Å². The lowest BCUT2D eigenvalue weighted by Crippen LogP contribution is -2.40. The minimum absolute atomic E-state index is 0.00456. The number of unbranched alkanes of at least 4 members (excludes halogenated alkanes) is 2. The van der Waals surface area contributed by atoms with Crippen molar-refractivity contribution in [3.63, 3.8) is 0 Å². The molecule has 0 radical (unpaired) electrons. The molecular formula is C25H36N2O5. The van der Waals surface area contributed by atoms with Crippen molar-refractivity contribution in [1.29, 1.82) is 0 Å². The lowest BCUT2D eigenvalue weighted by Gasteiger charge is -2.23. The Balaban J connectivity index is 2.78. The molecule has 7 nitrogen and oxygen atoms in total. The number of ether oxygens (including phenoxy) is 1. The number of rotatable bonds is 16. The van der Waals surface area contributed by atoms with E-state index in [1.54, 1.807) is 13.0 Å². The lowest BCUT2D eigenvalue weighted by atomic mass is 9.98. The third-order valence-electron chi connectivity index (χ3n) is 4.90. The average Bonchev–Trinajstić information content (AvgIpc) is 2.79. The molecule has 3 N–H and O–H groups in total. The zero-order valence-corrected chi connectivity index (χ0v) is 18.9. The highest BCUT2D eigenvalue weighted by Gasteiger charge is 2.25. The zero-order valence-electron chi connectivity index (χ0n) is 18.9. The molecule has 3 atom stereocenters. The van der Waals surface area contributed by atoms with Gasteiger partial charge in [0, 0.05) is 18.9 Å². The standard InChI is InChI=1S/C25H36N2O5/c1-4-6-7-11-15-24(30)32-18-22(20-13-9-8-10-14-20)27-25(31)21(12-5-2)16-23(29)26-19(3)17-28/h4-5,8-10,13-14,19,21-22,28H,1-2,6-7,11-12,15-18H2,3H3,(H,26,29)(H,27,31)/t19-,21+,22+/m0/s1. The van der Waals surface area contributed by atoms with Crippen molar-refractivity contribution in [3.8, 4) is 0 Å². The fraction of sp³-hybridized carbons (Fsp3) is 0.480. The van der Waals surface area contributed by atoms with Gasteiger partial charge in [0.15, 0.2) is 0 Å². The van der Waals surface area contributed by atoms with Gasteiger partial charge in [-0.15, -0.1) is 13.2 Å². The number of benzene rings is 1. The maximum absolute atomic E-state index is 13.0. The monoisotopic (exact) mass is 444 g/mol. The zero-order chi connectivity index (χ0) is 23.8. The van der Waals surface area contributed by atoms with E-state index in [0.29, 0.717) is 12.8 Å². The van der Waals surface area contributed by atoms with Crippen molar-refractivity contribution in [2.24, 2.45) is 5.92 Å². The fourth-order valence-corrected chi connectivity index (χ4v) is 3.09. The molecule has 2 amide bonds. The molecule has 1 aromatic rings. The summed E-state index contributed by atoms with van der Waals surface area (Å²) in [6.07, 6.45) is 6.44. The maximum atomic E-state index is 13.0. The van der Waals surface area contributed by atoms with Gasteiger partial charge in [0.1, 0.15) is 6.61 Å². The number of carbonyl (C=O) groups is 3. The summed E-state index contributed by atoms with van der Waals surface area (Å²) in [7, 11) is 0. The Hall–Kier alpha value is -2.93. The molecule has 0 fully saturated rings. The van der Waals surface area contributed by atoms with Crippen molar-refractivity contribution < 1.29 is 24.2 Å². The molecule has 0 aromatic heterocycles. The van der Waals surface area contributed by atoms with Gasteiger partial charge in [0.25, 0.3) is 0 Å². The van der Waals surface area contributed by atoms with E-state index in [1.807, 2.05) is 36.4 Å². The molecular weight excluding hydrogens is 408 g/mol. The minimum Gasteiger partial charge on any atom is -0.463 e. The minimum atomic E-state index is -0.626. The molecule has 0 saturated heterocycles. The van der Waals surface area contributed by atoms with Crippen LogP contribution in [0, 0.1) is 5.92 Å². The van der Waals surface area contributed by atoms with E-state index in [0.717, 1.165) is 24.8 Å². The highest BCUT2D eigenvalue weighted by atomic mass is 16.5. The summed E-state index contributed by atoms with van der Waals surface area (Å²) >= 11 is 0. The van der Waals surface area contributed by atoms with Crippen molar-refractivity contribution in [2.45, 2.75) is 57.5 Å². The summed E-state index contributed by atoms with van der Waals surface area (Å²) in [5, 5.41) is 14.7. The summed E-state index contributed by atoms with van der Waals surface area (Å²) < 4.78 is 5.42. The van der Waals surface area contributed by atoms with Crippen molar-refractivity contribution in [3.05, 3.63) is 61.2 Å². The molecule has 0 saturated carbocycles. The first kappa shape index (κ1) is 27.1. The van der Waals surface area contributed by atoms with Crippen molar-refractivity contribution >= 4 is 17.8 Å². The highest BCUT2D eigenvalue weighted by molar-refractivity contribution is 5.86. The number of hydrogen-bond acceptors (Lipinski definition) is 5. The van der Waals surface area contributed by atoms with E-state index in [2.05, 4.69) is 23.8 Å². The number of esters is 1. The quantitative estimate of drug-likeness (QED) is 0.206. The first-order valence-electron chi connectivity index (χ1n) is 11.0. The van der Waals surface area contributed by atoms with Crippen molar-refractivity contribution in [2.75, 3.05) is 13.2 Å². The van der Waals surface area contributed by atoms with Gasteiger partial charge < -0.3 is 20.5 Å². The highest BCUT2D eigenvalue weighted by Crippen LogP contribution is 2.17. The predicted octanol–water partition coefficient (Wildman–Crippen LogP) is 3.21. The Bertz CT molecular complexity index is 735. The Morgan fingerprint density at radius 3 is 2.44 bits per heavy atom. The number of aliphatic hydroxyl groups is 1. The number of allylic oxidation sites excluding steroid dienone is 2. The van der Waals surface area contributed by atoms with Crippen LogP contribution in [0.5, 0.6) is 0 Å². The van der Waals surface area contributed by atoms with Crippen LogP contribution < -0.4 is 10.6 Å². The van der Waals surface area contributed by atoms with E-state index in [1.165, 1.54) is 0 Å². The van der Waals surface area contributed by atoms with Gasteiger partial charge in [-0.2, -0.15) is 0 Å². The van der Waals surface area contributed by atoms with E-state index in [-0.39, 0.29) is 37.4 Å². The van der Waals surface area contributed by atoms with Crippen LogP contribution in [0.2, 0.25) is 0 Å². The summed E-state index contributed by atoms with van der Waals surface area (Å²) in [5.41, 5.74) is 0.802. The molecule has 0 aliphatic rings. The fourth-order valence-electron chi connectivity index (χ4n) is 3.09. The second-order valence-electron chi connectivity index (χ2n) is 7.77. The molecule has 1 rings (SSSR count). The van der Waals surface area contributed by atoms with Crippen LogP contribution in [0.1, 0.15) is 57.1 Å². The summed E-state index contributed by atoms with van der Waals surface area (Å²) in [6.45, 7) is 8.84. The van der Waals surface area contributed by atoms with Gasteiger partial charge in [-0.1, -0.05) is 42.5 Å². The lowest BCUT2D eigenvalue weighted by molar-refractivity contribution is -0.145. The molecule has 1 aromatic carbocycles. The van der Waals surface area contributed by atoms with Crippen LogP contribution in [-0.2, 0) is 19.1 Å². The average molecular weight is 445 g/mol.